The topological polar surface area (TPSA) is 3.88 Å². The van der Waals surface area contributed by atoms with E-state index in [0.717, 1.165) is 24.7 Å². The summed E-state index contributed by atoms with van der Waals surface area (Å²) in [6.45, 7) is 2.17. The third-order valence-corrected chi connectivity index (χ3v) is 7.03. The number of aromatic nitrogens is 1. The smallest absolute Gasteiger partial charge is 0.201 e. The Labute approximate surface area is 170 Å². The Kier molecular flexibility index (Phi) is 4.25. The van der Waals surface area contributed by atoms with Gasteiger partial charge in [-0.2, -0.15) is 0 Å². The van der Waals surface area contributed by atoms with Gasteiger partial charge in [-0.1, -0.05) is 61.7 Å². The molecule has 2 saturated carbocycles. The van der Waals surface area contributed by atoms with Crippen molar-refractivity contribution in [2.75, 3.05) is 0 Å². The number of hydrogen-bond donors (Lipinski definition) is 0. The van der Waals surface area contributed by atoms with E-state index in [4.69, 9.17) is 1.37 Å². The maximum Gasteiger partial charge on any atom is 0.213 e. The monoisotopic (exact) mass is 369 g/mol. The molecule has 0 N–H and O–H groups in total. The fourth-order valence-corrected chi connectivity index (χ4v) is 5.38. The molecule has 5 rings (SSSR count). The van der Waals surface area contributed by atoms with Gasteiger partial charge in [-0.15, -0.1) is 0 Å². The van der Waals surface area contributed by atoms with Gasteiger partial charge in [-0.25, -0.2) is 4.57 Å². The lowest BCUT2D eigenvalue weighted by atomic mass is 9.92. The first kappa shape index (κ1) is 16.5. The number of aryl methyl sites for hydroxylation is 2. The molecule has 0 saturated heterocycles. The predicted octanol–water partition coefficient (Wildman–Crippen LogP) is 6.45. The second-order valence-corrected chi connectivity index (χ2v) is 8.77. The highest BCUT2D eigenvalue weighted by Gasteiger charge is 2.37. The molecule has 0 radical (unpaired) electrons. The van der Waals surface area contributed by atoms with Crippen molar-refractivity contribution < 1.29 is 5.94 Å². The molecule has 28 heavy (non-hydrogen) atoms. The molecule has 2 aromatic carbocycles. The van der Waals surface area contributed by atoms with Crippen LogP contribution in [-0.4, -0.2) is 0 Å². The number of nitrogens with zero attached hydrogens (tertiary/aromatic N) is 1. The van der Waals surface area contributed by atoms with E-state index >= 15 is 0 Å². The average molecular weight is 370 g/mol. The summed E-state index contributed by atoms with van der Waals surface area (Å²) in [4.78, 5) is 0. The number of rotatable bonds is 3. The van der Waals surface area contributed by atoms with Crippen molar-refractivity contribution in [1.82, 2.24) is 0 Å². The van der Waals surface area contributed by atoms with Crippen LogP contribution in [0, 0.1) is 18.8 Å². The van der Waals surface area contributed by atoms with E-state index in [9.17, 15) is 0 Å². The number of fused-ring (bicyclic) bond motifs is 1. The van der Waals surface area contributed by atoms with Gasteiger partial charge in [0.05, 0.1) is 0 Å². The van der Waals surface area contributed by atoms with Crippen molar-refractivity contribution >= 4 is 0 Å². The molecule has 3 atom stereocenters. The molecule has 1 heterocycles. The first-order valence-corrected chi connectivity index (χ1v) is 10.7. The van der Waals surface area contributed by atoms with Crippen molar-refractivity contribution in [1.29, 1.82) is 0 Å². The van der Waals surface area contributed by atoms with Gasteiger partial charge in [0.15, 0.2) is 6.20 Å². The fourth-order valence-electron chi connectivity index (χ4n) is 5.38. The zero-order chi connectivity index (χ0) is 20.0. The Morgan fingerprint density at radius 2 is 1.61 bits per heavy atom. The van der Waals surface area contributed by atoms with Crippen molar-refractivity contribution in [3.8, 4) is 22.4 Å². The molecule has 2 fully saturated rings. The molecule has 1 unspecified atom stereocenters. The van der Waals surface area contributed by atoms with Gasteiger partial charge in [-0.3, -0.25) is 0 Å². The van der Waals surface area contributed by atoms with Gasteiger partial charge in [0, 0.05) is 19.1 Å². The predicted molar refractivity (Wildman–Crippen MR) is 116 cm³/mol. The Morgan fingerprint density at radius 3 is 2.32 bits per heavy atom. The Hall–Kier alpha value is -2.41. The third-order valence-electron chi connectivity index (χ3n) is 7.03. The number of pyridine rings is 1. The van der Waals surface area contributed by atoms with Crippen molar-refractivity contribution in [3.63, 3.8) is 0 Å². The normalized spacial score (nSPS) is 26.9. The summed E-state index contributed by atoms with van der Waals surface area (Å²) >= 11 is 0. The second kappa shape index (κ2) is 7.20. The summed E-state index contributed by atoms with van der Waals surface area (Å²) in [5.74, 6) is 1.21. The summed E-state index contributed by atoms with van der Waals surface area (Å²) in [6, 6.07) is 21.9. The Balaban J connectivity index is 1.45. The fraction of sp³-hybridized carbons (Fsp3) is 0.370. The molecule has 1 heteroatoms. The van der Waals surface area contributed by atoms with Crippen molar-refractivity contribution in [3.05, 3.63) is 78.0 Å². The zero-order valence-electron chi connectivity index (χ0n) is 18.0. The molecule has 1 aromatic heterocycles. The Bertz CT molecular complexity index is 1020. The van der Waals surface area contributed by atoms with Gasteiger partial charge >= 0.3 is 0 Å². The molecular weight excluding hydrogens is 338 g/mol. The van der Waals surface area contributed by atoms with Gasteiger partial charge < -0.3 is 0 Å². The highest BCUT2D eigenvalue weighted by Crippen LogP contribution is 2.50. The van der Waals surface area contributed by atoms with Gasteiger partial charge in [0.2, 0.25) is 5.69 Å². The Morgan fingerprint density at radius 1 is 0.893 bits per heavy atom. The van der Waals surface area contributed by atoms with E-state index in [0.29, 0.717) is 0 Å². The van der Waals surface area contributed by atoms with Gasteiger partial charge in [0.1, 0.15) is 7.05 Å². The van der Waals surface area contributed by atoms with Crippen LogP contribution in [0.4, 0.5) is 0 Å². The minimum atomic E-state index is -0.371. The first-order valence-electron chi connectivity index (χ1n) is 11.2. The highest BCUT2D eigenvalue weighted by molar-refractivity contribution is 5.70. The van der Waals surface area contributed by atoms with Crippen LogP contribution in [0.1, 0.15) is 50.5 Å². The van der Waals surface area contributed by atoms with Crippen LogP contribution in [0.2, 0.25) is 0 Å². The lowest BCUT2D eigenvalue weighted by Crippen LogP contribution is -2.30. The molecule has 3 aromatic rings. The molecule has 2 aliphatic carbocycles. The quantitative estimate of drug-likeness (QED) is 0.467. The molecule has 0 aliphatic heterocycles. The maximum absolute atomic E-state index is 9.09. The molecule has 0 amide bonds. The summed E-state index contributed by atoms with van der Waals surface area (Å²) in [5.41, 5.74) is 7.46. The van der Waals surface area contributed by atoms with E-state index in [1.165, 1.54) is 52.8 Å². The van der Waals surface area contributed by atoms with Crippen LogP contribution < -0.4 is 4.57 Å². The van der Waals surface area contributed by atoms with Gasteiger partial charge in [0.25, 0.3) is 0 Å². The lowest BCUT2D eigenvalue weighted by Gasteiger charge is -2.13. The molecular formula is C27H30N+. The summed E-state index contributed by atoms with van der Waals surface area (Å²) < 4.78 is 11.3. The molecule has 142 valence electrons. The van der Waals surface area contributed by atoms with E-state index in [1.54, 1.807) is 0 Å². The average Bonchev–Trinajstić information content (AvgIpc) is 3.28. The third kappa shape index (κ3) is 3.17. The van der Waals surface area contributed by atoms with Crippen LogP contribution in [0.3, 0.4) is 0 Å². The van der Waals surface area contributed by atoms with Crippen LogP contribution >= 0.6 is 0 Å². The zero-order valence-corrected chi connectivity index (χ0v) is 17.0. The maximum atomic E-state index is 9.09. The van der Waals surface area contributed by atoms with E-state index in [-0.39, 0.29) is 5.89 Å². The SMILES string of the molecule is [2H]C1(c2ccc(-c3cc[n+](C)c(-c4ccccc4C)c3)cc2)C[C@H]2CCC[C@H]2C1. The van der Waals surface area contributed by atoms with Crippen molar-refractivity contribution in [2.24, 2.45) is 18.9 Å². The molecule has 1 nitrogen and oxygen atoms in total. The van der Waals surface area contributed by atoms with E-state index in [2.05, 4.69) is 85.4 Å². The van der Waals surface area contributed by atoms with Crippen molar-refractivity contribution in [2.45, 2.75) is 44.9 Å². The minimum Gasteiger partial charge on any atom is -0.201 e. The van der Waals surface area contributed by atoms with E-state index < -0.39 is 0 Å². The highest BCUT2D eigenvalue weighted by atomic mass is 14.9. The lowest BCUT2D eigenvalue weighted by molar-refractivity contribution is -0.660. The standard InChI is InChI=1S/C27H30N/c1-19-6-3-4-9-26(19)27-18-24(14-15-28(27)2)20-10-12-21(13-11-20)25-16-22-7-5-8-23(22)17-25/h3-4,6,9-15,18,22-23,25H,5,7-8,16-17H2,1-2H3/q+1/t22-,23+,25?/i25D. The second-order valence-electron chi connectivity index (χ2n) is 8.77. The largest absolute Gasteiger partial charge is 0.213 e. The van der Waals surface area contributed by atoms with Gasteiger partial charge in [-0.05, 0) is 65.8 Å². The molecule has 2 aliphatic rings. The van der Waals surface area contributed by atoms with Crippen LogP contribution in [0.25, 0.3) is 22.4 Å². The molecule has 0 bridgehead atoms. The number of hydrogen-bond acceptors (Lipinski definition) is 0. The summed E-state index contributed by atoms with van der Waals surface area (Å²) in [6.07, 6.45) is 8.30. The minimum absolute atomic E-state index is 0.371. The van der Waals surface area contributed by atoms with Crippen LogP contribution in [0.15, 0.2) is 66.9 Å². The first-order chi connectivity index (χ1) is 14.0. The molecule has 0 spiro atoms. The van der Waals surface area contributed by atoms with Crippen LogP contribution in [0.5, 0.6) is 0 Å². The summed E-state index contributed by atoms with van der Waals surface area (Å²) in [5, 5.41) is 0. The summed E-state index contributed by atoms with van der Waals surface area (Å²) in [7, 11) is 2.11. The van der Waals surface area contributed by atoms with E-state index in [1.807, 2.05) is 0 Å². The van der Waals surface area contributed by atoms with Crippen LogP contribution in [-0.2, 0) is 7.05 Å². The number of benzene rings is 2.